The first kappa shape index (κ1) is 19.1. The van der Waals surface area contributed by atoms with Gasteiger partial charge in [-0.1, -0.05) is 27.7 Å². The van der Waals surface area contributed by atoms with Gasteiger partial charge in [0.1, 0.15) is 4.91 Å². The highest BCUT2D eigenvalue weighted by atomic mass is 17.0. The van der Waals surface area contributed by atoms with Crippen LogP contribution in [0.3, 0.4) is 0 Å². The van der Waals surface area contributed by atoms with Crippen LogP contribution in [0.1, 0.15) is 41.5 Å². The summed E-state index contributed by atoms with van der Waals surface area (Å²) in [5.74, 6) is 0.909. The van der Waals surface area contributed by atoms with Gasteiger partial charge in [-0.2, -0.15) is 9.68 Å². The Bertz CT molecular complexity index is 234. The Morgan fingerprint density at radius 2 is 1.05 bits per heavy atom. The fraction of sp³-hybridized carbons (Fsp3) is 1.00. The van der Waals surface area contributed by atoms with Crippen molar-refractivity contribution in [2.45, 2.75) is 53.8 Å². The van der Waals surface area contributed by atoms with E-state index >= 15 is 0 Å². The second-order valence-electron chi connectivity index (χ2n) is 5.89. The average molecular weight is 292 g/mol. The van der Waals surface area contributed by atoms with E-state index in [2.05, 4.69) is 27.7 Å². The largest absolute Gasteiger partial charge is 0.477 e. The molecular formula is C14H30NO5+. The van der Waals surface area contributed by atoms with Crippen LogP contribution in [0.2, 0.25) is 0 Å². The van der Waals surface area contributed by atoms with Gasteiger partial charge in [0, 0.05) is 13.2 Å². The molecule has 0 radical (unpaired) electrons. The number of nitrogens with zero attached hydrogens (tertiary/aromatic N) is 1. The van der Waals surface area contributed by atoms with Crippen LogP contribution in [-0.2, 0) is 19.1 Å². The zero-order valence-corrected chi connectivity index (χ0v) is 13.6. The highest BCUT2D eigenvalue weighted by Gasteiger charge is 2.18. The summed E-state index contributed by atoms with van der Waals surface area (Å²) in [6, 6.07) is 0. The molecule has 0 heterocycles. The summed E-state index contributed by atoms with van der Waals surface area (Å²) in [4.78, 5) is 21.1. The molecule has 120 valence electrons. The van der Waals surface area contributed by atoms with Crippen LogP contribution in [-0.4, -0.2) is 43.7 Å². The third-order valence-corrected chi connectivity index (χ3v) is 2.26. The Hall–Kier alpha value is -0.880. The maximum Gasteiger partial charge on any atom is 0.477 e. The minimum absolute atomic E-state index is 0.129. The van der Waals surface area contributed by atoms with E-state index in [0.29, 0.717) is 25.0 Å². The Kier molecular flexibility index (Phi) is 10.4. The smallest absolute Gasteiger partial charge is 0.374 e. The molecule has 2 atom stereocenters. The maximum absolute atomic E-state index is 11.3. The van der Waals surface area contributed by atoms with E-state index in [1.165, 1.54) is 0 Å². The first-order chi connectivity index (χ1) is 9.31. The fourth-order valence-electron chi connectivity index (χ4n) is 1.18. The molecule has 0 aliphatic carbocycles. The molecule has 0 saturated heterocycles. The normalized spacial score (nSPS) is 14.4. The highest BCUT2D eigenvalue weighted by molar-refractivity contribution is 4.48. The van der Waals surface area contributed by atoms with Gasteiger partial charge >= 0.3 is 5.09 Å². The third-order valence-electron chi connectivity index (χ3n) is 2.26. The van der Waals surface area contributed by atoms with Gasteiger partial charge in [0.05, 0.1) is 12.2 Å². The van der Waals surface area contributed by atoms with E-state index in [-0.39, 0.29) is 30.5 Å². The van der Waals surface area contributed by atoms with Crippen LogP contribution in [0.15, 0.2) is 0 Å². The first-order valence-corrected chi connectivity index (χ1v) is 7.27. The molecule has 0 spiro atoms. The van der Waals surface area contributed by atoms with E-state index in [1.54, 1.807) is 0 Å². The zero-order chi connectivity index (χ0) is 15.5. The van der Waals surface area contributed by atoms with Gasteiger partial charge in [-0.15, -0.1) is 0 Å². The Morgan fingerprint density at radius 1 is 0.700 bits per heavy atom. The van der Waals surface area contributed by atoms with Crippen LogP contribution in [0.5, 0.6) is 0 Å². The van der Waals surface area contributed by atoms with Crippen LogP contribution < -0.4 is 0 Å². The molecule has 0 bridgehead atoms. The number of hydrogen-bond donors (Lipinski definition) is 0. The van der Waals surface area contributed by atoms with Gasteiger partial charge < -0.3 is 9.47 Å². The molecule has 6 heteroatoms. The summed E-state index contributed by atoms with van der Waals surface area (Å²) in [6.45, 7) is 13.6. The van der Waals surface area contributed by atoms with Crippen molar-refractivity contribution in [3.8, 4) is 0 Å². The Labute approximate surface area is 122 Å². The van der Waals surface area contributed by atoms with Crippen LogP contribution in [0.25, 0.3) is 0 Å². The van der Waals surface area contributed by atoms with Crippen LogP contribution in [0, 0.1) is 16.7 Å². The lowest BCUT2D eigenvalue weighted by molar-refractivity contribution is -0.982. The molecule has 0 fully saturated rings. The van der Waals surface area contributed by atoms with Crippen molar-refractivity contribution in [1.82, 2.24) is 0 Å². The Balaban J connectivity index is 3.62. The SMILES string of the molecule is CC(C)COC(C)CO[N+](=O)OCC(C)OCC(C)C. The molecule has 0 aliphatic rings. The molecule has 0 amide bonds. The van der Waals surface area contributed by atoms with Gasteiger partial charge in [0.25, 0.3) is 0 Å². The predicted molar refractivity (Wildman–Crippen MR) is 76.0 cm³/mol. The number of rotatable bonds is 12. The maximum atomic E-state index is 11.3. The quantitative estimate of drug-likeness (QED) is 0.518. The summed E-state index contributed by atoms with van der Waals surface area (Å²) in [7, 11) is 0. The van der Waals surface area contributed by atoms with E-state index in [9.17, 15) is 4.91 Å². The van der Waals surface area contributed by atoms with E-state index in [1.807, 2.05) is 13.8 Å². The van der Waals surface area contributed by atoms with Crippen LogP contribution >= 0.6 is 0 Å². The van der Waals surface area contributed by atoms with E-state index in [0.717, 1.165) is 0 Å². The topological polar surface area (TPSA) is 57.0 Å². The van der Waals surface area contributed by atoms with Crippen molar-refractivity contribution in [2.24, 2.45) is 11.8 Å². The Morgan fingerprint density at radius 3 is 1.35 bits per heavy atom. The highest BCUT2D eigenvalue weighted by Crippen LogP contribution is 2.01. The van der Waals surface area contributed by atoms with Crippen molar-refractivity contribution in [2.75, 3.05) is 26.4 Å². The number of ether oxygens (including phenoxy) is 2. The molecule has 0 saturated carbocycles. The van der Waals surface area contributed by atoms with Crippen molar-refractivity contribution < 1.29 is 24.2 Å². The standard InChI is InChI=1S/C14H30NO5/c1-11(2)7-17-13(5)9-19-15(16)20-10-14(6)18-8-12(3)4/h11-14H,7-10H2,1-6H3/q+1. The van der Waals surface area contributed by atoms with Gasteiger partial charge in [-0.25, -0.2) is 0 Å². The third kappa shape index (κ3) is 12.2. The molecule has 0 aromatic rings. The van der Waals surface area contributed by atoms with Gasteiger partial charge in [0.15, 0.2) is 13.2 Å². The molecule has 0 aliphatic heterocycles. The minimum atomic E-state index is -0.146. The lowest BCUT2D eigenvalue weighted by atomic mass is 10.2. The van der Waals surface area contributed by atoms with Crippen LogP contribution in [0.4, 0.5) is 0 Å². The van der Waals surface area contributed by atoms with Gasteiger partial charge in [0.2, 0.25) is 0 Å². The minimum Gasteiger partial charge on any atom is -0.374 e. The molecule has 2 unspecified atom stereocenters. The second-order valence-corrected chi connectivity index (χ2v) is 5.89. The van der Waals surface area contributed by atoms with Crippen molar-refractivity contribution in [3.05, 3.63) is 4.91 Å². The summed E-state index contributed by atoms with van der Waals surface area (Å²) in [5.41, 5.74) is 0. The number of hydrogen-bond acceptors (Lipinski definition) is 5. The monoisotopic (exact) mass is 292 g/mol. The zero-order valence-electron chi connectivity index (χ0n) is 13.6. The fourth-order valence-corrected chi connectivity index (χ4v) is 1.18. The van der Waals surface area contributed by atoms with E-state index < -0.39 is 0 Å². The molecule has 6 nitrogen and oxygen atoms in total. The summed E-state index contributed by atoms with van der Waals surface area (Å²) >= 11 is 0. The molecule has 0 aromatic heterocycles. The molecule has 20 heavy (non-hydrogen) atoms. The van der Waals surface area contributed by atoms with Crippen molar-refractivity contribution in [3.63, 3.8) is 0 Å². The summed E-state index contributed by atoms with van der Waals surface area (Å²) in [6.07, 6.45) is -0.292. The van der Waals surface area contributed by atoms with Crippen molar-refractivity contribution in [1.29, 1.82) is 0 Å². The van der Waals surface area contributed by atoms with Crippen molar-refractivity contribution >= 4 is 0 Å². The average Bonchev–Trinajstić information content (AvgIpc) is 2.37. The summed E-state index contributed by atoms with van der Waals surface area (Å²) < 4.78 is 10.9. The lowest BCUT2D eigenvalue weighted by Gasteiger charge is -2.12. The predicted octanol–water partition coefficient (Wildman–Crippen LogP) is 2.75. The molecular weight excluding hydrogens is 262 g/mol. The van der Waals surface area contributed by atoms with E-state index in [4.69, 9.17) is 19.1 Å². The van der Waals surface area contributed by atoms with Gasteiger partial charge in [-0.05, 0) is 25.7 Å². The van der Waals surface area contributed by atoms with Gasteiger partial charge in [-0.3, -0.25) is 0 Å². The molecule has 0 aromatic carbocycles. The molecule has 0 N–H and O–H groups in total. The lowest BCUT2D eigenvalue weighted by Crippen LogP contribution is -2.25. The second kappa shape index (κ2) is 10.9. The molecule has 0 rings (SSSR count). The summed E-state index contributed by atoms with van der Waals surface area (Å²) in [5, 5.41) is 0.129. The first-order valence-electron chi connectivity index (χ1n) is 7.27.